The molecular formula is C8H10O4. The third-order valence-corrected chi connectivity index (χ3v) is 1.43. The number of aliphatic hydroxyl groups is 1. The molecule has 0 aromatic carbocycles. The molecular weight excluding hydrogens is 160 g/mol. The summed E-state index contributed by atoms with van der Waals surface area (Å²) < 4.78 is 9.39. The molecule has 0 bridgehead atoms. The van der Waals surface area contributed by atoms with Gasteiger partial charge in [-0.25, -0.2) is 4.79 Å². The van der Waals surface area contributed by atoms with Gasteiger partial charge in [0.2, 0.25) is 5.76 Å². The third kappa shape index (κ3) is 1.65. The summed E-state index contributed by atoms with van der Waals surface area (Å²) in [6.07, 6.45) is -0.705. The molecule has 0 saturated heterocycles. The number of hydrogen-bond donors (Lipinski definition) is 1. The number of furan rings is 1. The van der Waals surface area contributed by atoms with Crippen LogP contribution in [0.1, 0.15) is 29.3 Å². The van der Waals surface area contributed by atoms with E-state index in [2.05, 4.69) is 4.74 Å². The minimum absolute atomic E-state index is 0.105. The fraction of sp³-hybridized carbons (Fsp3) is 0.375. The van der Waals surface area contributed by atoms with Crippen LogP contribution in [0.3, 0.4) is 0 Å². The lowest BCUT2D eigenvalue weighted by molar-refractivity contribution is 0.0556. The number of carbonyl (C=O) groups is 1. The Kier molecular flexibility index (Phi) is 2.50. The summed E-state index contributed by atoms with van der Waals surface area (Å²) in [6, 6.07) is 3.00. The molecule has 1 rings (SSSR count). The minimum atomic E-state index is -0.705. The van der Waals surface area contributed by atoms with Crippen molar-refractivity contribution in [1.82, 2.24) is 0 Å². The second kappa shape index (κ2) is 3.40. The van der Waals surface area contributed by atoms with E-state index in [1.54, 1.807) is 6.92 Å². The van der Waals surface area contributed by atoms with Crippen molar-refractivity contribution in [2.45, 2.75) is 13.0 Å². The van der Waals surface area contributed by atoms with E-state index in [9.17, 15) is 4.79 Å². The van der Waals surface area contributed by atoms with Crippen LogP contribution in [0.5, 0.6) is 0 Å². The normalized spacial score (nSPS) is 12.6. The van der Waals surface area contributed by atoms with E-state index >= 15 is 0 Å². The van der Waals surface area contributed by atoms with Crippen molar-refractivity contribution >= 4 is 5.97 Å². The molecule has 4 heteroatoms. The number of aliphatic hydroxyl groups excluding tert-OH is 1. The van der Waals surface area contributed by atoms with Crippen molar-refractivity contribution in [2.75, 3.05) is 7.11 Å². The molecule has 4 nitrogen and oxygen atoms in total. The molecule has 1 aromatic heterocycles. The number of esters is 1. The summed E-state index contributed by atoms with van der Waals surface area (Å²) in [4.78, 5) is 10.9. The predicted molar refractivity (Wildman–Crippen MR) is 40.7 cm³/mol. The molecule has 12 heavy (non-hydrogen) atoms. The Morgan fingerprint density at radius 3 is 2.75 bits per heavy atom. The van der Waals surface area contributed by atoms with Gasteiger partial charge in [0, 0.05) is 0 Å². The SMILES string of the molecule is COC(=O)c1ccc([C@@H](C)O)o1. The van der Waals surface area contributed by atoms with E-state index < -0.39 is 12.1 Å². The van der Waals surface area contributed by atoms with Gasteiger partial charge in [-0.2, -0.15) is 0 Å². The lowest BCUT2D eigenvalue weighted by Crippen LogP contribution is -1.98. The van der Waals surface area contributed by atoms with Gasteiger partial charge >= 0.3 is 5.97 Å². The summed E-state index contributed by atoms with van der Waals surface area (Å²) >= 11 is 0. The second-order valence-corrected chi connectivity index (χ2v) is 2.37. The van der Waals surface area contributed by atoms with Gasteiger partial charge < -0.3 is 14.3 Å². The van der Waals surface area contributed by atoms with Crippen molar-refractivity contribution in [1.29, 1.82) is 0 Å². The quantitative estimate of drug-likeness (QED) is 0.675. The van der Waals surface area contributed by atoms with Crippen LogP contribution >= 0.6 is 0 Å². The van der Waals surface area contributed by atoms with Crippen LogP contribution in [0.15, 0.2) is 16.5 Å². The average Bonchev–Trinajstić information content (AvgIpc) is 2.51. The van der Waals surface area contributed by atoms with Crippen molar-refractivity contribution in [3.8, 4) is 0 Å². The van der Waals surface area contributed by atoms with Crippen LogP contribution in [-0.2, 0) is 4.74 Å². The van der Waals surface area contributed by atoms with Gasteiger partial charge in [-0.05, 0) is 19.1 Å². The minimum Gasteiger partial charge on any atom is -0.463 e. The first-order valence-electron chi connectivity index (χ1n) is 3.51. The molecule has 0 radical (unpaired) electrons. The molecule has 1 N–H and O–H groups in total. The Morgan fingerprint density at radius 2 is 2.33 bits per heavy atom. The van der Waals surface area contributed by atoms with Crippen molar-refractivity contribution in [3.63, 3.8) is 0 Å². The zero-order valence-electron chi connectivity index (χ0n) is 6.90. The van der Waals surface area contributed by atoms with Crippen LogP contribution < -0.4 is 0 Å². The zero-order chi connectivity index (χ0) is 9.14. The summed E-state index contributed by atoms with van der Waals surface area (Å²) in [5.41, 5.74) is 0. The molecule has 0 aliphatic rings. The van der Waals surface area contributed by atoms with Crippen LogP contribution in [0, 0.1) is 0 Å². The number of methoxy groups -OCH3 is 1. The van der Waals surface area contributed by atoms with Gasteiger partial charge in [0.25, 0.3) is 0 Å². The predicted octanol–water partition coefficient (Wildman–Crippen LogP) is 1.12. The first kappa shape index (κ1) is 8.80. The fourth-order valence-electron chi connectivity index (χ4n) is 0.788. The molecule has 0 aliphatic heterocycles. The molecule has 0 fully saturated rings. The van der Waals surface area contributed by atoms with Gasteiger partial charge in [0.15, 0.2) is 0 Å². The zero-order valence-corrected chi connectivity index (χ0v) is 6.90. The molecule has 0 unspecified atom stereocenters. The maximum atomic E-state index is 10.9. The summed E-state index contributed by atoms with van der Waals surface area (Å²) in [5, 5.41) is 9.05. The van der Waals surface area contributed by atoms with E-state index in [4.69, 9.17) is 9.52 Å². The summed E-state index contributed by atoms with van der Waals surface area (Å²) in [5.74, 6) is -0.0781. The number of ether oxygens (including phenoxy) is 1. The van der Waals surface area contributed by atoms with Crippen molar-refractivity contribution in [2.24, 2.45) is 0 Å². The fourth-order valence-corrected chi connectivity index (χ4v) is 0.788. The van der Waals surface area contributed by atoms with Crippen molar-refractivity contribution in [3.05, 3.63) is 23.7 Å². The van der Waals surface area contributed by atoms with Gasteiger partial charge in [-0.1, -0.05) is 0 Å². The van der Waals surface area contributed by atoms with E-state index in [0.717, 1.165) is 0 Å². The highest BCUT2D eigenvalue weighted by Crippen LogP contribution is 2.15. The van der Waals surface area contributed by atoms with E-state index in [1.165, 1.54) is 19.2 Å². The molecule has 0 amide bonds. The largest absolute Gasteiger partial charge is 0.463 e. The maximum Gasteiger partial charge on any atom is 0.373 e. The van der Waals surface area contributed by atoms with Crippen LogP contribution in [0.2, 0.25) is 0 Å². The molecule has 66 valence electrons. The van der Waals surface area contributed by atoms with Gasteiger partial charge in [0.05, 0.1) is 7.11 Å². The van der Waals surface area contributed by atoms with Gasteiger partial charge in [-0.15, -0.1) is 0 Å². The van der Waals surface area contributed by atoms with Crippen LogP contribution in [0.4, 0.5) is 0 Å². The Labute approximate surface area is 69.8 Å². The number of carbonyl (C=O) groups excluding carboxylic acids is 1. The molecule has 1 aromatic rings. The Balaban J connectivity index is 2.84. The summed E-state index contributed by atoms with van der Waals surface area (Å²) in [7, 11) is 1.27. The van der Waals surface area contributed by atoms with E-state index in [1.807, 2.05) is 0 Å². The molecule has 0 saturated carbocycles. The van der Waals surface area contributed by atoms with E-state index in [0.29, 0.717) is 5.76 Å². The lowest BCUT2D eigenvalue weighted by atomic mass is 10.3. The molecule has 0 aliphatic carbocycles. The summed E-state index contributed by atoms with van der Waals surface area (Å²) in [6.45, 7) is 1.56. The maximum absolute atomic E-state index is 10.9. The van der Waals surface area contributed by atoms with Crippen LogP contribution in [-0.4, -0.2) is 18.2 Å². The molecule has 1 atom stereocenters. The standard InChI is InChI=1S/C8H10O4/c1-5(9)6-3-4-7(12-6)8(10)11-2/h3-5,9H,1-2H3/t5-/m1/s1. The lowest BCUT2D eigenvalue weighted by Gasteiger charge is -1.97. The average molecular weight is 170 g/mol. The third-order valence-electron chi connectivity index (χ3n) is 1.43. The first-order chi connectivity index (χ1) is 5.65. The van der Waals surface area contributed by atoms with Crippen LogP contribution in [0.25, 0.3) is 0 Å². The topological polar surface area (TPSA) is 59.7 Å². The first-order valence-corrected chi connectivity index (χ1v) is 3.51. The Hall–Kier alpha value is -1.29. The van der Waals surface area contributed by atoms with Gasteiger partial charge in [0.1, 0.15) is 11.9 Å². The highest BCUT2D eigenvalue weighted by Gasteiger charge is 2.12. The molecule has 1 heterocycles. The monoisotopic (exact) mass is 170 g/mol. The Bertz CT molecular complexity index is 274. The number of rotatable bonds is 2. The van der Waals surface area contributed by atoms with E-state index in [-0.39, 0.29) is 5.76 Å². The molecule has 0 spiro atoms. The number of hydrogen-bond acceptors (Lipinski definition) is 4. The van der Waals surface area contributed by atoms with Gasteiger partial charge in [-0.3, -0.25) is 0 Å². The highest BCUT2D eigenvalue weighted by atomic mass is 16.5. The highest BCUT2D eigenvalue weighted by molar-refractivity contribution is 5.86. The Morgan fingerprint density at radius 1 is 1.67 bits per heavy atom. The van der Waals surface area contributed by atoms with Crippen molar-refractivity contribution < 1.29 is 19.1 Å². The smallest absolute Gasteiger partial charge is 0.373 e. The second-order valence-electron chi connectivity index (χ2n) is 2.37.